The molecule has 1 aliphatic rings. The minimum atomic E-state index is -0.677. The summed E-state index contributed by atoms with van der Waals surface area (Å²) in [4.78, 5) is 27.0. The molecular formula is C19H19NO3. The maximum Gasteiger partial charge on any atom is 0.415 e. The van der Waals surface area contributed by atoms with Crippen molar-refractivity contribution < 1.29 is 14.3 Å². The van der Waals surface area contributed by atoms with Crippen LogP contribution in [0.5, 0.6) is 0 Å². The second kappa shape index (κ2) is 5.54. The number of ketones is 1. The minimum Gasteiger partial charge on any atom is -0.443 e. The highest BCUT2D eigenvalue weighted by Crippen LogP contribution is 2.40. The van der Waals surface area contributed by atoms with Gasteiger partial charge in [0, 0.05) is 5.56 Å². The van der Waals surface area contributed by atoms with Gasteiger partial charge in [0.15, 0.2) is 5.78 Å². The van der Waals surface area contributed by atoms with E-state index in [0.717, 1.165) is 5.56 Å². The van der Waals surface area contributed by atoms with Crippen LogP contribution in [0.15, 0.2) is 54.6 Å². The van der Waals surface area contributed by atoms with Gasteiger partial charge in [-0.1, -0.05) is 42.5 Å². The van der Waals surface area contributed by atoms with Gasteiger partial charge in [-0.05, 0) is 38.5 Å². The Morgan fingerprint density at radius 2 is 1.61 bits per heavy atom. The molecule has 0 fully saturated rings. The van der Waals surface area contributed by atoms with Crippen molar-refractivity contribution in [1.29, 1.82) is 0 Å². The van der Waals surface area contributed by atoms with Crippen molar-refractivity contribution >= 4 is 17.6 Å². The fourth-order valence-electron chi connectivity index (χ4n) is 2.75. The van der Waals surface area contributed by atoms with E-state index in [1.54, 1.807) is 18.2 Å². The molecule has 4 heteroatoms. The molecule has 2 aromatic rings. The molecule has 2 aromatic carbocycles. The molecule has 1 heterocycles. The van der Waals surface area contributed by atoms with Gasteiger partial charge in [-0.2, -0.15) is 0 Å². The lowest BCUT2D eigenvalue weighted by Gasteiger charge is -2.28. The van der Waals surface area contributed by atoms with Gasteiger partial charge in [0.05, 0.1) is 5.69 Å². The van der Waals surface area contributed by atoms with Gasteiger partial charge < -0.3 is 4.74 Å². The fraction of sp³-hybridized carbons (Fsp3) is 0.263. The normalized spacial score (nSPS) is 17.1. The zero-order valence-electron chi connectivity index (χ0n) is 13.4. The van der Waals surface area contributed by atoms with E-state index < -0.39 is 17.7 Å². The van der Waals surface area contributed by atoms with Gasteiger partial charge in [0.1, 0.15) is 11.6 Å². The van der Waals surface area contributed by atoms with Crippen molar-refractivity contribution in [3.05, 3.63) is 65.7 Å². The monoisotopic (exact) mass is 309 g/mol. The summed E-state index contributed by atoms with van der Waals surface area (Å²) in [5, 5.41) is 0. The molecule has 1 unspecified atom stereocenters. The number of carbonyl (C=O) groups excluding carboxylic acids is 2. The summed E-state index contributed by atoms with van der Waals surface area (Å²) in [5.41, 5.74) is 1.30. The third-order valence-electron chi connectivity index (χ3n) is 3.64. The Morgan fingerprint density at radius 1 is 1.00 bits per heavy atom. The van der Waals surface area contributed by atoms with E-state index in [9.17, 15) is 9.59 Å². The van der Waals surface area contributed by atoms with Crippen molar-refractivity contribution in [2.45, 2.75) is 32.4 Å². The van der Waals surface area contributed by atoms with Gasteiger partial charge >= 0.3 is 6.09 Å². The molecule has 0 aromatic heterocycles. The maximum atomic E-state index is 12.8. The van der Waals surface area contributed by atoms with E-state index in [-0.39, 0.29) is 5.78 Å². The maximum absolute atomic E-state index is 12.8. The second-order valence-electron chi connectivity index (χ2n) is 6.54. The standard InChI is InChI=1S/C19H19NO3/c1-19(2,3)23-18(22)20-15-12-8-7-11-14(15)17(21)16(20)13-9-5-4-6-10-13/h4-12,16H,1-3H3. The number of anilines is 1. The Morgan fingerprint density at radius 3 is 2.26 bits per heavy atom. The SMILES string of the molecule is CC(C)(C)OC(=O)N1c2ccccc2C(=O)C1c1ccccc1. The van der Waals surface area contributed by atoms with Crippen LogP contribution in [-0.2, 0) is 4.74 Å². The number of hydrogen-bond donors (Lipinski definition) is 0. The van der Waals surface area contributed by atoms with Crippen LogP contribution in [0.25, 0.3) is 0 Å². The molecule has 0 aliphatic carbocycles. The van der Waals surface area contributed by atoms with Crippen LogP contribution in [-0.4, -0.2) is 17.5 Å². The highest BCUT2D eigenvalue weighted by molar-refractivity contribution is 6.16. The van der Waals surface area contributed by atoms with Gasteiger partial charge in [0.25, 0.3) is 0 Å². The molecule has 0 saturated heterocycles. The number of Topliss-reactive ketones (excluding diaryl/α,β-unsaturated/α-hetero) is 1. The average molecular weight is 309 g/mol. The molecule has 0 N–H and O–H groups in total. The Bertz CT molecular complexity index is 747. The zero-order valence-corrected chi connectivity index (χ0v) is 13.4. The number of hydrogen-bond acceptors (Lipinski definition) is 3. The number of carbonyl (C=O) groups is 2. The highest BCUT2D eigenvalue weighted by Gasteiger charge is 2.43. The quantitative estimate of drug-likeness (QED) is 0.786. The fourth-order valence-corrected chi connectivity index (χ4v) is 2.75. The molecule has 23 heavy (non-hydrogen) atoms. The van der Waals surface area contributed by atoms with Crippen LogP contribution in [0.3, 0.4) is 0 Å². The molecule has 4 nitrogen and oxygen atoms in total. The second-order valence-corrected chi connectivity index (χ2v) is 6.54. The Balaban J connectivity index is 2.08. The van der Waals surface area contributed by atoms with E-state index in [2.05, 4.69) is 0 Å². The molecule has 3 rings (SSSR count). The third-order valence-corrected chi connectivity index (χ3v) is 3.64. The van der Waals surface area contributed by atoms with E-state index in [0.29, 0.717) is 11.3 Å². The topological polar surface area (TPSA) is 46.6 Å². The number of amides is 1. The van der Waals surface area contributed by atoms with Crippen LogP contribution in [0.2, 0.25) is 0 Å². The van der Waals surface area contributed by atoms with Crippen LogP contribution < -0.4 is 4.90 Å². The van der Waals surface area contributed by atoms with Gasteiger partial charge in [-0.3, -0.25) is 9.69 Å². The van der Waals surface area contributed by atoms with E-state index in [4.69, 9.17) is 4.74 Å². The molecule has 0 spiro atoms. The lowest BCUT2D eigenvalue weighted by molar-refractivity contribution is 0.0560. The first-order valence-corrected chi connectivity index (χ1v) is 7.59. The van der Waals surface area contributed by atoms with Gasteiger partial charge in [0.2, 0.25) is 0 Å². The van der Waals surface area contributed by atoms with Crippen LogP contribution in [0.4, 0.5) is 10.5 Å². The summed E-state index contributed by atoms with van der Waals surface area (Å²) < 4.78 is 5.51. The first-order valence-electron chi connectivity index (χ1n) is 7.59. The first-order chi connectivity index (χ1) is 10.9. The molecule has 0 saturated carbocycles. The summed E-state index contributed by atoms with van der Waals surface area (Å²) >= 11 is 0. The predicted octanol–water partition coefficient (Wildman–Crippen LogP) is 4.37. The number of ether oxygens (including phenoxy) is 1. The van der Waals surface area contributed by atoms with E-state index >= 15 is 0 Å². The van der Waals surface area contributed by atoms with Crippen molar-refractivity contribution in [2.24, 2.45) is 0 Å². The molecule has 0 bridgehead atoms. The average Bonchev–Trinajstić information content (AvgIpc) is 2.80. The third kappa shape index (κ3) is 2.84. The van der Waals surface area contributed by atoms with Crippen molar-refractivity contribution in [2.75, 3.05) is 4.90 Å². The van der Waals surface area contributed by atoms with Gasteiger partial charge in [-0.25, -0.2) is 4.79 Å². The zero-order chi connectivity index (χ0) is 16.6. The first kappa shape index (κ1) is 15.3. The van der Waals surface area contributed by atoms with Crippen molar-refractivity contribution in [3.63, 3.8) is 0 Å². The summed E-state index contributed by atoms with van der Waals surface area (Å²) in [5.74, 6) is -0.0855. The summed E-state index contributed by atoms with van der Waals surface area (Å²) in [6.45, 7) is 5.44. The largest absolute Gasteiger partial charge is 0.443 e. The Hall–Kier alpha value is -2.62. The Kier molecular flexibility index (Phi) is 3.68. The van der Waals surface area contributed by atoms with Crippen molar-refractivity contribution in [3.8, 4) is 0 Å². The Labute approximate surface area is 135 Å². The summed E-state index contributed by atoms with van der Waals surface area (Å²) in [7, 11) is 0. The van der Waals surface area contributed by atoms with E-state index in [1.807, 2.05) is 57.2 Å². The number of fused-ring (bicyclic) bond motifs is 1. The lowest BCUT2D eigenvalue weighted by Crippen LogP contribution is -2.38. The molecule has 1 amide bonds. The van der Waals surface area contributed by atoms with Gasteiger partial charge in [-0.15, -0.1) is 0 Å². The smallest absolute Gasteiger partial charge is 0.415 e. The number of para-hydroxylation sites is 1. The summed E-state index contributed by atoms with van der Waals surface area (Å²) in [6, 6.07) is 15.8. The van der Waals surface area contributed by atoms with Crippen molar-refractivity contribution in [1.82, 2.24) is 0 Å². The van der Waals surface area contributed by atoms with Crippen LogP contribution in [0.1, 0.15) is 42.7 Å². The van der Waals surface area contributed by atoms with Crippen LogP contribution >= 0.6 is 0 Å². The molecule has 118 valence electrons. The van der Waals surface area contributed by atoms with Crippen LogP contribution in [0, 0.1) is 0 Å². The molecule has 0 radical (unpaired) electrons. The highest BCUT2D eigenvalue weighted by atomic mass is 16.6. The number of rotatable bonds is 1. The molecule has 1 aliphatic heterocycles. The number of nitrogens with zero attached hydrogens (tertiary/aromatic N) is 1. The number of benzene rings is 2. The molecule has 1 atom stereocenters. The van der Waals surface area contributed by atoms with E-state index in [1.165, 1.54) is 4.90 Å². The molecular weight excluding hydrogens is 290 g/mol. The predicted molar refractivity (Wildman–Crippen MR) is 88.7 cm³/mol. The summed E-state index contributed by atoms with van der Waals surface area (Å²) in [6.07, 6.45) is -0.510. The lowest BCUT2D eigenvalue weighted by atomic mass is 10.0. The minimum absolute atomic E-state index is 0.0855.